The summed E-state index contributed by atoms with van der Waals surface area (Å²) < 4.78 is 22.7. The lowest BCUT2D eigenvalue weighted by Crippen LogP contribution is -2.56. The number of hydrogen-bond acceptors (Lipinski definition) is 8. The molecule has 6 rings (SSSR count). The summed E-state index contributed by atoms with van der Waals surface area (Å²) in [4.78, 5) is 35.7. The number of imide groups is 1. The lowest BCUT2D eigenvalue weighted by atomic mass is 9.80. The van der Waals surface area contributed by atoms with Crippen molar-refractivity contribution in [1.82, 2.24) is 14.9 Å². The van der Waals surface area contributed by atoms with Gasteiger partial charge in [0.2, 0.25) is 17.6 Å². The third-order valence-corrected chi connectivity index (χ3v) is 9.90. The van der Waals surface area contributed by atoms with Crippen LogP contribution in [-0.4, -0.2) is 60.9 Å². The highest BCUT2D eigenvalue weighted by molar-refractivity contribution is 6.36. The molecule has 0 radical (unpaired) electrons. The summed E-state index contributed by atoms with van der Waals surface area (Å²) in [5, 5.41) is 0. The van der Waals surface area contributed by atoms with Crippen molar-refractivity contribution in [2.24, 2.45) is 11.8 Å². The molecule has 2 aromatic carbocycles. The van der Waals surface area contributed by atoms with Crippen molar-refractivity contribution in [2.45, 2.75) is 35.9 Å². The Labute approximate surface area is 235 Å². The molecule has 9 nitrogen and oxygen atoms in total. The maximum atomic E-state index is 14.1. The molecule has 1 saturated carbocycles. The zero-order valence-electron chi connectivity index (χ0n) is 22.3. The molecule has 0 unspecified atom stereocenters. The number of aryl methyl sites for hydroxylation is 2. The minimum Gasteiger partial charge on any atom is -0.497 e. The summed E-state index contributed by atoms with van der Waals surface area (Å²) in [5.41, 5.74) is 4.39. The van der Waals surface area contributed by atoms with Gasteiger partial charge in [0.05, 0.1) is 55.0 Å². The molecule has 3 aromatic rings. The lowest BCUT2D eigenvalue weighted by molar-refractivity contribution is -0.239. The number of halogens is 2. The van der Waals surface area contributed by atoms with E-state index in [1.54, 1.807) is 18.2 Å². The molecule has 3 aliphatic rings. The second-order valence-electron chi connectivity index (χ2n) is 10.2. The van der Waals surface area contributed by atoms with Gasteiger partial charge in [0.1, 0.15) is 11.5 Å². The number of ether oxygens (including phenoxy) is 4. The molecule has 2 amide bonds. The molecule has 2 bridgehead atoms. The first-order chi connectivity index (χ1) is 18.5. The number of hydrogen-bond donors (Lipinski definition) is 0. The summed E-state index contributed by atoms with van der Waals surface area (Å²) in [6.45, 7) is 3.89. The zero-order valence-corrected chi connectivity index (χ0v) is 23.8. The van der Waals surface area contributed by atoms with E-state index >= 15 is 0 Å². The Morgan fingerprint density at radius 2 is 1.33 bits per heavy atom. The second kappa shape index (κ2) is 8.51. The maximum absolute atomic E-state index is 14.1. The molecule has 0 N–H and O–H groups in total. The number of alkyl halides is 2. The van der Waals surface area contributed by atoms with Crippen molar-refractivity contribution in [3.8, 4) is 11.5 Å². The van der Waals surface area contributed by atoms with Gasteiger partial charge in [-0.2, -0.15) is 0 Å². The van der Waals surface area contributed by atoms with Crippen molar-refractivity contribution in [3.05, 3.63) is 58.4 Å². The van der Waals surface area contributed by atoms with Crippen LogP contribution in [0, 0.1) is 25.7 Å². The fourth-order valence-corrected chi connectivity index (χ4v) is 7.99. The van der Waals surface area contributed by atoms with Crippen LogP contribution in [0.3, 0.4) is 0 Å². The van der Waals surface area contributed by atoms with Crippen LogP contribution < -0.4 is 9.47 Å². The van der Waals surface area contributed by atoms with Crippen LogP contribution in [0.15, 0.2) is 30.3 Å². The highest BCUT2D eigenvalue weighted by Gasteiger charge is 2.90. The number of methoxy groups -OCH3 is 4. The molecular weight excluding hydrogens is 545 g/mol. The van der Waals surface area contributed by atoms with Gasteiger partial charge in [0.15, 0.2) is 9.75 Å². The van der Waals surface area contributed by atoms with Crippen molar-refractivity contribution in [1.29, 1.82) is 0 Å². The average Bonchev–Trinajstić information content (AvgIpc) is 3.35. The van der Waals surface area contributed by atoms with Crippen LogP contribution in [0.1, 0.15) is 28.1 Å². The minimum absolute atomic E-state index is 0.0600. The lowest BCUT2D eigenvalue weighted by Gasteiger charge is -2.41. The third-order valence-electron chi connectivity index (χ3n) is 8.57. The molecular formula is C28H27Cl2N3O6. The number of aromatic nitrogens is 2. The normalized spacial score (nSPS) is 28.3. The standard InChI is InChI=1S/C28H27Cl2N3O6/c1-13-9-17-18(10-14(13)2)32-23-22(31-17)26(29)20-21(27(23,30)28(26,38-5)39-6)25(35)33(24(20)34)12-15-11-16(36-3)7-8-19(15)37-4/h7-11,20-21H,12H2,1-6H3/t20-,21+,26+,27-. The van der Waals surface area contributed by atoms with Gasteiger partial charge in [-0.25, -0.2) is 9.97 Å². The molecule has 1 saturated heterocycles. The van der Waals surface area contributed by atoms with Gasteiger partial charge in [-0.3, -0.25) is 14.5 Å². The van der Waals surface area contributed by atoms with Crippen LogP contribution in [-0.2, 0) is 35.4 Å². The highest BCUT2D eigenvalue weighted by atomic mass is 35.5. The summed E-state index contributed by atoms with van der Waals surface area (Å²) in [5.74, 6) is -3.93. The molecule has 39 heavy (non-hydrogen) atoms. The average molecular weight is 572 g/mol. The van der Waals surface area contributed by atoms with E-state index in [1.807, 2.05) is 26.0 Å². The summed E-state index contributed by atoms with van der Waals surface area (Å²) in [7, 11) is 5.84. The van der Waals surface area contributed by atoms with Gasteiger partial charge < -0.3 is 18.9 Å². The maximum Gasteiger partial charge on any atom is 0.235 e. The molecule has 2 fully saturated rings. The van der Waals surface area contributed by atoms with Gasteiger partial charge in [0, 0.05) is 19.8 Å². The molecule has 2 aliphatic carbocycles. The third kappa shape index (κ3) is 2.94. The van der Waals surface area contributed by atoms with Crippen LogP contribution in [0.4, 0.5) is 0 Å². The molecule has 4 atom stereocenters. The SMILES string of the molecule is COc1ccc(OC)c(CN2C(=O)[C@@H]3[C@H](C2=O)[C@]2(Cl)c4nc5cc(C)c(C)cc5nc4[C@@]3(Cl)C2(OC)OC)c1. The Bertz CT molecular complexity index is 1490. The monoisotopic (exact) mass is 571 g/mol. The van der Waals surface area contributed by atoms with E-state index in [9.17, 15) is 9.59 Å². The van der Waals surface area contributed by atoms with Gasteiger partial charge >= 0.3 is 0 Å². The molecule has 204 valence electrons. The van der Waals surface area contributed by atoms with E-state index in [-0.39, 0.29) is 17.9 Å². The summed E-state index contributed by atoms with van der Waals surface area (Å²) >= 11 is 14.9. The molecule has 1 aromatic heterocycles. The van der Waals surface area contributed by atoms with E-state index < -0.39 is 39.2 Å². The van der Waals surface area contributed by atoms with E-state index in [4.69, 9.17) is 52.1 Å². The van der Waals surface area contributed by atoms with Gasteiger partial charge in [-0.15, -0.1) is 23.2 Å². The second-order valence-corrected chi connectivity index (χ2v) is 11.4. The minimum atomic E-state index is -1.78. The Balaban J connectivity index is 1.54. The number of benzene rings is 2. The Hall–Kier alpha value is -2.98. The van der Waals surface area contributed by atoms with Crippen molar-refractivity contribution in [3.63, 3.8) is 0 Å². The molecule has 2 heterocycles. The van der Waals surface area contributed by atoms with Crippen LogP contribution in [0.25, 0.3) is 11.0 Å². The van der Waals surface area contributed by atoms with E-state index in [2.05, 4.69) is 0 Å². The van der Waals surface area contributed by atoms with Crippen molar-refractivity contribution < 1.29 is 28.5 Å². The number of amides is 2. The quantitative estimate of drug-likeness (QED) is 0.249. The number of rotatable bonds is 6. The molecule has 0 spiro atoms. The number of fused-ring (bicyclic) bond motifs is 9. The summed E-state index contributed by atoms with van der Waals surface area (Å²) in [6.07, 6.45) is 0. The summed E-state index contributed by atoms with van der Waals surface area (Å²) in [6, 6.07) is 8.99. The van der Waals surface area contributed by atoms with E-state index in [1.165, 1.54) is 28.4 Å². The number of carbonyl (C=O) groups excluding carboxylic acids is 2. The molecule has 1 aliphatic heterocycles. The highest BCUT2D eigenvalue weighted by Crippen LogP contribution is 2.76. The van der Waals surface area contributed by atoms with E-state index in [0.717, 1.165) is 16.0 Å². The Morgan fingerprint density at radius 3 is 1.77 bits per heavy atom. The first kappa shape index (κ1) is 26.3. The van der Waals surface area contributed by atoms with Gasteiger partial charge in [-0.1, -0.05) is 0 Å². The number of nitrogens with zero attached hydrogens (tertiary/aromatic N) is 3. The smallest absolute Gasteiger partial charge is 0.235 e. The predicted octanol–water partition coefficient (Wildman–Crippen LogP) is 3.95. The van der Waals surface area contributed by atoms with Crippen LogP contribution in [0.2, 0.25) is 0 Å². The first-order valence-electron chi connectivity index (χ1n) is 12.4. The van der Waals surface area contributed by atoms with Crippen LogP contribution >= 0.6 is 23.2 Å². The zero-order chi connectivity index (χ0) is 28.1. The van der Waals surface area contributed by atoms with Gasteiger partial charge in [-0.05, 0) is 55.3 Å². The fraction of sp³-hybridized carbons (Fsp3) is 0.429. The van der Waals surface area contributed by atoms with E-state index in [0.29, 0.717) is 28.1 Å². The first-order valence-corrected chi connectivity index (χ1v) is 13.1. The van der Waals surface area contributed by atoms with Gasteiger partial charge in [0.25, 0.3) is 0 Å². The predicted molar refractivity (Wildman–Crippen MR) is 143 cm³/mol. The topological polar surface area (TPSA) is 100 Å². The fourth-order valence-electron chi connectivity index (χ4n) is 6.64. The molecule has 11 heteroatoms. The Morgan fingerprint density at radius 1 is 0.821 bits per heavy atom. The number of likely N-dealkylation sites (tertiary alicyclic amines) is 1. The Kier molecular flexibility index (Phi) is 5.73. The van der Waals surface area contributed by atoms with Crippen molar-refractivity contribution in [2.75, 3.05) is 28.4 Å². The number of carbonyl (C=O) groups is 2. The van der Waals surface area contributed by atoms with Crippen molar-refractivity contribution >= 4 is 46.0 Å². The van der Waals surface area contributed by atoms with Crippen LogP contribution in [0.5, 0.6) is 11.5 Å². The largest absolute Gasteiger partial charge is 0.497 e.